The van der Waals surface area contributed by atoms with Gasteiger partial charge in [-0.15, -0.1) is 0 Å². The van der Waals surface area contributed by atoms with Crippen LogP contribution in [0.5, 0.6) is 0 Å². The summed E-state index contributed by atoms with van der Waals surface area (Å²) in [5.41, 5.74) is 6.46. The minimum Gasteiger partial charge on any atom is -0.381 e. The summed E-state index contributed by atoms with van der Waals surface area (Å²) in [5.74, 6) is 0.488. The Morgan fingerprint density at radius 2 is 2.05 bits per heavy atom. The molecule has 2 rings (SSSR count). The number of carbonyl (C=O) groups is 1. The van der Waals surface area contributed by atoms with Crippen molar-refractivity contribution in [1.82, 2.24) is 9.97 Å². The summed E-state index contributed by atoms with van der Waals surface area (Å²) in [5, 5.41) is 3.41. The Labute approximate surface area is 128 Å². The van der Waals surface area contributed by atoms with Gasteiger partial charge in [0.1, 0.15) is 5.03 Å². The minimum absolute atomic E-state index is 0.0980. The summed E-state index contributed by atoms with van der Waals surface area (Å²) in [7, 11) is 0. The maximum Gasteiger partial charge on any atom is 0.234 e. The molecule has 19 heavy (non-hydrogen) atoms. The highest BCUT2D eigenvalue weighted by molar-refractivity contribution is 14.1. The Balaban J connectivity index is 1.92. The molecule has 1 aromatic heterocycles. The number of thioether (sulfide) groups is 1. The predicted molar refractivity (Wildman–Crippen MR) is 85.0 cm³/mol. The number of para-hydroxylation sites is 1. The lowest BCUT2D eigenvalue weighted by atomic mass is 10.3. The number of hydrogen-bond acceptors (Lipinski definition) is 5. The predicted octanol–water partition coefficient (Wildman–Crippen LogP) is 2.39. The number of nitrogens with zero attached hydrogens (tertiary/aromatic N) is 2. The molecule has 0 unspecified atom stereocenters. The van der Waals surface area contributed by atoms with Gasteiger partial charge in [-0.3, -0.25) is 4.79 Å². The zero-order valence-electron chi connectivity index (χ0n) is 9.84. The molecule has 98 valence electrons. The first-order chi connectivity index (χ1) is 9.16. The van der Waals surface area contributed by atoms with Crippen LogP contribution in [-0.2, 0) is 4.79 Å². The molecule has 0 radical (unpaired) electrons. The molecule has 0 saturated heterocycles. The number of nitrogens with one attached hydrogen (secondary N) is 1. The van der Waals surface area contributed by atoms with Gasteiger partial charge in [-0.05, 0) is 34.7 Å². The van der Waals surface area contributed by atoms with Crippen LogP contribution in [0.15, 0.2) is 41.7 Å². The number of benzene rings is 1. The average Bonchev–Trinajstić information content (AvgIpc) is 2.40. The molecule has 0 aliphatic heterocycles. The van der Waals surface area contributed by atoms with E-state index in [0.29, 0.717) is 10.8 Å². The normalized spacial score (nSPS) is 10.2. The van der Waals surface area contributed by atoms with E-state index in [1.807, 2.05) is 24.3 Å². The molecule has 1 aromatic carbocycles. The van der Waals surface area contributed by atoms with Gasteiger partial charge in [0.05, 0.1) is 11.4 Å². The summed E-state index contributed by atoms with van der Waals surface area (Å²) >= 11 is 3.44. The van der Waals surface area contributed by atoms with Crippen LogP contribution in [0.3, 0.4) is 0 Å². The van der Waals surface area contributed by atoms with Gasteiger partial charge >= 0.3 is 0 Å². The van der Waals surface area contributed by atoms with Crippen molar-refractivity contribution in [3.8, 4) is 0 Å². The number of carbonyl (C=O) groups excluding carboxylic acids is 1. The lowest BCUT2D eigenvalue weighted by molar-refractivity contribution is -0.113. The second-order valence-corrected chi connectivity index (χ2v) is 5.69. The molecule has 2 aromatic rings. The van der Waals surface area contributed by atoms with Gasteiger partial charge in [0, 0.05) is 16.0 Å². The summed E-state index contributed by atoms with van der Waals surface area (Å²) in [4.78, 5) is 19.8. The van der Waals surface area contributed by atoms with Crippen LogP contribution in [0.2, 0.25) is 0 Å². The number of halogens is 1. The number of aromatic nitrogens is 2. The van der Waals surface area contributed by atoms with E-state index in [9.17, 15) is 4.79 Å². The highest BCUT2D eigenvalue weighted by atomic mass is 127. The number of anilines is 2. The van der Waals surface area contributed by atoms with Crippen molar-refractivity contribution in [2.75, 3.05) is 16.8 Å². The van der Waals surface area contributed by atoms with Crippen LogP contribution in [0, 0.1) is 3.57 Å². The second kappa shape index (κ2) is 6.71. The van der Waals surface area contributed by atoms with Gasteiger partial charge in [-0.2, -0.15) is 0 Å². The Hall–Kier alpha value is -1.35. The van der Waals surface area contributed by atoms with Crippen LogP contribution < -0.4 is 11.1 Å². The molecule has 0 bridgehead atoms. The van der Waals surface area contributed by atoms with E-state index in [4.69, 9.17) is 5.73 Å². The average molecular weight is 386 g/mol. The smallest absolute Gasteiger partial charge is 0.234 e. The molecular formula is C12H11IN4OS. The van der Waals surface area contributed by atoms with E-state index in [0.717, 1.165) is 9.26 Å². The standard InChI is InChI=1S/C12H11IN4OS/c13-8-3-1-2-4-9(8)17-10(18)7-19-12-11(14)15-5-6-16-12/h1-6H,7H2,(H2,14,15)(H,17,18). The molecule has 3 N–H and O–H groups in total. The zero-order valence-corrected chi connectivity index (χ0v) is 12.8. The van der Waals surface area contributed by atoms with Gasteiger partial charge in [-0.1, -0.05) is 23.9 Å². The Bertz CT molecular complexity index is 593. The van der Waals surface area contributed by atoms with Crippen molar-refractivity contribution in [1.29, 1.82) is 0 Å². The van der Waals surface area contributed by atoms with Crippen molar-refractivity contribution in [2.24, 2.45) is 0 Å². The van der Waals surface area contributed by atoms with Gasteiger partial charge in [0.2, 0.25) is 5.91 Å². The van der Waals surface area contributed by atoms with Gasteiger partial charge < -0.3 is 11.1 Å². The number of amides is 1. The largest absolute Gasteiger partial charge is 0.381 e. The first-order valence-corrected chi connectivity index (χ1v) is 7.47. The van der Waals surface area contributed by atoms with Gasteiger partial charge in [0.25, 0.3) is 0 Å². The van der Waals surface area contributed by atoms with E-state index in [2.05, 4.69) is 37.9 Å². The fraction of sp³-hybridized carbons (Fsp3) is 0.0833. The fourth-order valence-corrected chi connectivity index (χ4v) is 2.53. The van der Waals surface area contributed by atoms with Crippen molar-refractivity contribution in [3.05, 3.63) is 40.2 Å². The molecule has 0 spiro atoms. The van der Waals surface area contributed by atoms with E-state index in [-0.39, 0.29) is 11.7 Å². The van der Waals surface area contributed by atoms with Crippen molar-refractivity contribution < 1.29 is 4.79 Å². The van der Waals surface area contributed by atoms with Crippen LogP contribution in [0.4, 0.5) is 11.5 Å². The maximum absolute atomic E-state index is 11.8. The summed E-state index contributed by atoms with van der Waals surface area (Å²) < 4.78 is 0.998. The first-order valence-electron chi connectivity index (χ1n) is 5.40. The molecule has 5 nitrogen and oxygen atoms in total. The molecule has 0 aliphatic rings. The third-order valence-corrected chi connectivity index (χ3v) is 4.11. The molecule has 1 heterocycles. The lowest BCUT2D eigenvalue weighted by Gasteiger charge is -2.07. The summed E-state index contributed by atoms with van der Waals surface area (Å²) in [6.45, 7) is 0. The van der Waals surface area contributed by atoms with E-state index >= 15 is 0 Å². The fourth-order valence-electron chi connectivity index (χ4n) is 1.33. The third-order valence-electron chi connectivity index (χ3n) is 2.18. The molecule has 0 aliphatic carbocycles. The highest BCUT2D eigenvalue weighted by Gasteiger charge is 2.08. The Kier molecular flexibility index (Phi) is 4.97. The lowest BCUT2D eigenvalue weighted by Crippen LogP contribution is -2.15. The van der Waals surface area contributed by atoms with Gasteiger partial charge in [-0.25, -0.2) is 9.97 Å². The topological polar surface area (TPSA) is 80.9 Å². The van der Waals surface area contributed by atoms with E-state index in [1.165, 1.54) is 18.0 Å². The van der Waals surface area contributed by atoms with Gasteiger partial charge in [0.15, 0.2) is 5.82 Å². The summed E-state index contributed by atoms with van der Waals surface area (Å²) in [6, 6.07) is 7.60. The zero-order chi connectivity index (χ0) is 13.7. The van der Waals surface area contributed by atoms with Crippen LogP contribution in [-0.4, -0.2) is 21.6 Å². The minimum atomic E-state index is -0.0980. The number of hydrogen-bond donors (Lipinski definition) is 2. The first kappa shape index (κ1) is 14.1. The summed E-state index contributed by atoms with van der Waals surface area (Å²) in [6.07, 6.45) is 3.07. The van der Waals surface area contributed by atoms with Crippen molar-refractivity contribution in [3.63, 3.8) is 0 Å². The number of rotatable bonds is 4. The Morgan fingerprint density at radius 3 is 2.79 bits per heavy atom. The van der Waals surface area contributed by atoms with Crippen LogP contribution in [0.1, 0.15) is 0 Å². The molecule has 0 atom stereocenters. The molecular weight excluding hydrogens is 375 g/mol. The molecule has 0 saturated carbocycles. The quantitative estimate of drug-likeness (QED) is 0.623. The Morgan fingerprint density at radius 1 is 1.32 bits per heavy atom. The molecule has 0 fully saturated rings. The third kappa shape index (κ3) is 4.06. The van der Waals surface area contributed by atoms with Crippen LogP contribution >= 0.6 is 34.4 Å². The van der Waals surface area contributed by atoms with E-state index in [1.54, 1.807) is 6.20 Å². The van der Waals surface area contributed by atoms with Crippen molar-refractivity contribution >= 4 is 51.8 Å². The maximum atomic E-state index is 11.8. The number of nitrogens with two attached hydrogens (primary N) is 1. The number of nitrogen functional groups attached to an aromatic ring is 1. The molecule has 7 heteroatoms. The SMILES string of the molecule is Nc1nccnc1SCC(=O)Nc1ccccc1I. The van der Waals surface area contributed by atoms with E-state index < -0.39 is 0 Å². The van der Waals surface area contributed by atoms with Crippen molar-refractivity contribution in [2.45, 2.75) is 5.03 Å². The van der Waals surface area contributed by atoms with Crippen LogP contribution in [0.25, 0.3) is 0 Å². The molecule has 1 amide bonds. The monoisotopic (exact) mass is 386 g/mol. The second-order valence-electron chi connectivity index (χ2n) is 3.56. The highest BCUT2D eigenvalue weighted by Crippen LogP contribution is 2.21.